The molecule has 0 bridgehead atoms. The van der Waals surface area contributed by atoms with Gasteiger partial charge in [0.2, 0.25) is 0 Å². The van der Waals surface area contributed by atoms with Gasteiger partial charge >= 0.3 is 0 Å². The molecular formula is C18H22BrNS. The molecule has 0 saturated carbocycles. The molecule has 3 rings (SSSR count). The molecular weight excluding hydrogens is 342 g/mol. The first kappa shape index (κ1) is 16.6. The van der Waals surface area contributed by atoms with Crippen molar-refractivity contribution in [3.8, 4) is 0 Å². The molecule has 2 aromatic carbocycles. The van der Waals surface area contributed by atoms with Crippen LogP contribution in [0, 0.1) is 6.92 Å². The zero-order valence-corrected chi connectivity index (χ0v) is 14.9. The smallest absolute Gasteiger partial charge is 0.0151 e. The van der Waals surface area contributed by atoms with E-state index in [0.717, 1.165) is 19.0 Å². The fraction of sp³-hybridized carbons (Fsp3) is 0.333. The zero-order valence-electron chi connectivity index (χ0n) is 12.3. The minimum absolute atomic E-state index is 0. The van der Waals surface area contributed by atoms with Gasteiger partial charge in [0.15, 0.2) is 0 Å². The number of hydrogen-bond donors (Lipinski definition) is 1. The standard InChI is InChI=1S/C18H21NS.BrH/c1-14-4-2-3-5-18(14)20-17-8-6-15(7-9-17)16-10-12-19-13-11-16;/h2-9,16,19H,10-13H2,1H3;1H. The average Bonchev–Trinajstić information content (AvgIpc) is 2.51. The van der Waals surface area contributed by atoms with Gasteiger partial charge in [-0.05, 0) is 68.1 Å². The molecule has 0 aromatic heterocycles. The molecule has 112 valence electrons. The molecule has 21 heavy (non-hydrogen) atoms. The van der Waals surface area contributed by atoms with E-state index in [4.69, 9.17) is 0 Å². The third-order valence-corrected chi connectivity index (χ3v) is 5.20. The van der Waals surface area contributed by atoms with E-state index in [-0.39, 0.29) is 17.0 Å². The molecule has 1 aliphatic heterocycles. The first-order chi connectivity index (χ1) is 9.83. The van der Waals surface area contributed by atoms with E-state index >= 15 is 0 Å². The topological polar surface area (TPSA) is 12.0 Å². The van der Waals surface area contributed by atoms with E-state index in [1.54, 1.807) is 0 Å². The highest BCUT2D eigenvalue weighted by Gasteiger charge is 2.14. The van der Waals surface area contributed by atoms with Crippen molar-refractivity contribution in [1.29, 1.82) is 0 Å². The molecule has 1 nitrogen and oxygen atoms in total. The zero-order chi connectivity index (χ0) is 13.8. The molecule has 0 amide bonds. The van der Waals surface area contributed by atoms with Crippen LogP contribution in [0.1, 0.15) is 29.9 Å². The lowest BCUT2D eigenvalue weighted by Crippen LogP contribution is -2.26. The summed E-state index contributed by atoms with van der Waals surface area (Å²) < 4.78 is 0. The second-order valence-electron chi connectivity index (χ2n) is 5.46. The van der Waals surface area contributed by atoms with Crippen LogP contribution in [0.5, 0.6) is 0 Å². The number of nitrogens with one attached hydrogen (secondary N) is 1. The Kier molecular flexibility index (Phi) is 6.34. The molecule has 2 aromatic rings. The first-order valence-electron chi connectivity index (χ1n) is 7.37. The monoisotopic (exact) mass is 363 g/mol. The highest BCUT2D eigenvalue weighted by molar-refractivity contribution is 8.93. The predicted molar refractivity (Wildman–Crippen MR) is 96.9 cm³/mol. The summed E-state index contributed by atoms with van der Waals surface area (Å²) in [7, 11) is 0. The average molecular weight is 364 g/mol. The summed E-state index contributed by atoms with van der Waals surface area (Å²) in [5, 5.41) is 3.43. The Bertz CT molecular complexity index is 562. The maximum Gasteiger partial charge on any atom is 0.0151 e. The summed E-state index contributed by atoms with van der Waals surface area (Å²) in [5.41, 5.74) is 2.85. The van der Waals surface area contributed by atoms with Crippen molar-refractivity contribution < 1.29 is 0 Å². The summed E-state index contributed by atoms with van der Waals surface area (Å²) in [5.74, 6) is 0.744. The van der Waals surface area contributed by atoms with Gasteiger partial charge in [-0.25, -0.2) is 0 Å². The second-order valence-corrected chi connectivity index (χ2v) is 6.58. The molecule has 0 atom stereocenters. The third-order valence-electron chi connectivity index (χ3n) is 4.01. The van der Waals surface area contributed by atoms with Gasteiger partial charge in [0.1, 0.15) is 0 Å². The first-order valence-corrected chi connectivity index (χ1v) is 8.19. The van der Waals surface area contributed by atoms with Crippen molar-refractivity contribution in [2.24, 2.45) is 0 Å². The molecule has 0 unspecified atom stereocenters. The maximum absolute atomic E-state index is 3.43. The number of benzene rings is 2. The summed E-state index contributed by atoms with van der Waals surface area (Å²) in [6, 6.07) is 17.8. The Morgan fingerprint density at radius 1 is 0.952 bits per heavy atom. The van der Waals surface area contributed by atoms with Gasteiger partial charge in [0.05, 0.1) is 0 Å². The summed E-state index contributed by atoms with van der Waals surface area (Å²) in [4.78, 5) is 2.68. The van der Waals surface area contributed by atoms with Crippen LogP contribution in [0.15, 0.2) is 58.3 Å². The van der Waals surface area contributed by atoms with Crippen molar-refractivity contribution in [2.45, 2.75) is 35.5 Å². The van der Waals surface area contributed by atoms with Gasteiger partial charge < -0.3 is 5.32 Å². The molecule has 1 saturated heterocycles. The Morgan fingerprint density at radius 3 is 2.29 bits per heavy atom. The van der Waals surface area contributed by atoms with Crippen LogP contribution in [0.3, 0.4) is 0 Å². The van der Waals surface area contributed by atoms with Crippen molar-refractivity contribution in [3.63, 3.8) is 0 Å². The van der Waals surface area contributed by atoms with Crippen LogP contribution >= 0.6 is 28.7 Å². The fourth-order valence-corrected chi connectivity index (χ4v) is 3.66. The van der Waals surface area contributed by atoms with Gasteiger partial charge in [-0.15, -0.1) is 17.0 Å². The highest BCUT2D eigenvalue weighted by atomic mass is 79.9. The second kappa shape index (κ2) is 8.02. The van der Waals surface area contributed by atoms with Crippen LogP contribution in [-0.2, 0) is 0 Å². The van der Waals surface area contributed by atoms with Gasteiger partial charge in [-0.2, -0.15) is 0 Å². The molecule has 1 fully saturated rings. The van der Waals surface area contributed by atoms with E-state index in [9.17, 15) is 0 Å². The Balaban J connectivity index is 0.00000161. The molecule has 1 aliphatic rings. The largest absolute Gasteiger partial charge is 0.317 e. The minimum Gasteiger partial charge on any atom is -0.317 e. The summed E-state index contributed by atoms with van der Waals surface area (Å²) in [6.07, 6.45) is 2.54. The van der Waals surface area contributed by atoms with Crippen LogP contribution in [0.2, 0.25) is 0 Å². The lowest BCUT2D eigenvalue weighted by molar-refractivity contribution is 0.460. The van der Waals surface area contributed by atoms with Crippen molar-refractivity contribution in [3.05, 3.63) is 59.7 Å². The van der Waals surface area contributed by atoms with Crippen molar-refractivity contribution in [2.75, 3.05) is 13.1 Å². The molecule has 3 heteroatoms. The van der Waals surface area contributed by atoms with Crippen LogP contribution in [0.4, 0.5) is 0 Å². The molecule has 0 radical (unpaired) electrons. The normalized spacial score (nSPS) is 15.5. The summed E-state index contributed by atoms with van der Waals surface area (Å²) in [6.45, 7) is 4.49. The predicted octanol–water partition coefficient (Wildman–Crippen LogP) is 5.19. The van der Waals surface area contributed by atoms with E-state index in [2.05, 4.69) is 60.8 Å². The van der Waals surface area contributed by atoms with E-state index in [1.807, 2.05) is 11.8 Å². The number of halogens is 1. The maximum atomic E-state index is 3.43. The van der Waals surface area contributed by atoms with Crippen LogP contribution in [0.25, 0.3) is 0 Å². The SMILES string of the molecule is Br.Cc1ccccc1Sc1ccc(C2CCNCC2)cc1. The van der Waals surface area contributed by atoms with Gasteiger partial charge in [0.25, 0.3) is 0 Å². The highest BCUT2D eigenvalue weighted by Crippen LogP contribution is 2.32. The number of piperidine rings is 1. The van der Waals surface area contributed by atoms with Crippen LogP contribution < -0.4 is 5.32 Å². The van der Waals surface area contributed by atoms with Crippen molar-refractivity contribution in [1.82, 2.24) is 5.32 Å². The fourth-order valence-electron chi connectivity index (χ4n) is 2.76. The lowest BCUT2D eigenvalue weighted by atomic mass is 9.90. The Labute approximate surface area is 142 Å². The molecule has 0 aliphatic carbocycles. The molecule has 1 N–H and O–H groups in total. The number of aryl methyl sites for hydroxylation is 1. The van der Waals surface area contributed by atoms with Gasteiger partial charge in [0, 0.05) is 9.79 Å². The lowest BCUT2D eigenvalue weighted by Gasteiger charge is -2.23. The van der Waals surface area contributed by atoms with Crippen LogP contribution in [-0.4, -0.2) is 13.1 Å². The van der Waals surface area contributed by atoms with E-state index in [1.165, 1.54) is 33.8 Å². The third kappa shape index (κ3) is 4.35. The van der Waals surface area contributed by atoms with Gasteiger partial charge in [-0.3, -0.25) is 0 Å². The Hall–Kier alpha value is -0.770. The minimum atomic E-state index is 0. The van der Waals surface area contributed by atoms with Gasteiger partial charge in [-0.1, -0.05) is 42.1 Å². The molecule has 0 spiro atoms. The Morgan fingerprint density at radius 2 is 1.62 bits per heavy atom. The van der Waals surface area contributed by atoms with E-state index < -0.39 is 0 Å². The number of hydrogen-bond acceptors (Lipinski definition) is 2. The number of rotatable bonds is 3. The summed E-state index contributed by atoms with van der Waals surface area (Å²) >= 11 is 1.86. The molecule has 1 heterocycles. The van der Waals surface area contributed by atoms with E-state index in [0.29, 0.717) is 0 Å². The van der Waals surface area contributed by atoms with Crippen molar-refractivity contribution >= 4 is 28.7 Å². The quantitative estimate of drug-likeness (QED) is 0.804.